The zero-order valence-electron chi connectivity index (χ0n) is 13.7. The van der Waals surface area contributed by atoms with Gasteiger partial charge in [0.1, 0.15) is 11.6 Å². The van der Waals surface area contributed by atoms with Crippen molar-refractivity contribution in [3.05, 3.63) is 0 Å². The maximum absolute atomic E-state index is 13.1. The Labute approximate surface area is 127 Å². The van der Waals surface area contributed by atoms with E-state index in [0.29, 0.717) is 17.8 Å². The molecule has 3 fully saturated rings. The van der Waals surface area contributed by atoms with Gasteiger partial charge in [-0.05, 0) is 63.7 Å². The van der Waals surface area contributed by atoms with E-state index in [1.54, 1.807) is 0 Å². The summed E-state index contributed by atoms with van der Waals surface area (Å²) in [6.45, 7) is 8.34. The first-order valence-corrected chi connectivity index (χ1v) is 8.47. The lowest BCUT2D eigenvalue weighted by atomic mass is 9.78. The number of hydrogen-bond donors (Lipinski definition) is 1. The van der Waals surface area contributed by atoms with Gasteiger partial charge in [0.05, 0.1) is 0 Å². The molecule has 3 rings (SSSR count). The third-order valence-corrected chi connectivity index (χ3v) is 5.80. The topological polar surface area (TPSA) is 49.4 Å². The average Bonchev–Trinajstić information content (AvgIpc) is 3.20. The van der Waals surface area contributed by atoms with Crippen molar-refractivity contribution in [2.24, 2.45) is 17.8 Å². The minimum Gasteiger partial charge on any atom is -0.340 e. The van der Waals surface area contributed by atoms with Gasteiger partial charge in [-0.1, -0.05) is 13.8 Å². The van der Waals surface area contributed by atoms with Gasteiger partial charge in [0.15, 0.2) is 0 Å². The summed E-state index contributed by atoms with van der Waals surface area (Å²) < 4.78 is 0. The molecule has 0 aromatic rings. The molecule has 1 heterocycles. The number of piperazine rings is 1. The van der Waals surface area contributed by atoms with Gasteiger partial charge >= 0.3 is 0 Å². The lowest BCUT2D eigenvalue weighted by Crippen LogP contribution is -2.71. The minimum absolute atomic E-state index is 0.0230. The molecule has 2 saturated carbocycles. The molecule has 4 nitrogen and oxygen atoms in total. The van der Waals surface area contributed by atoms with Crippen LogP contribution in [-0.4, -0.2) is 34.3 Å². The van der Waals surface area contributed by atoms with Crippen molar-refractivity contribution in [1.82, 2.24) is 10.2 Å². The number of carbonyl (C=O) groups excluding carboxylic acids is 2. The third kappa shape index (κ3) is 2.47. The van der Waals surface area contributed by atoms with Crippen LogP contribution in [-0.2, 0) is 9.59 Å². The Bertz CT molecular complexity index is 450. The van der Waals surface area contributed by atoms with Gasteiger partial charge in [0, 0.05) is 6.04 Å². The molecule has 118 valence electrons. The predicted molar refractivity (Wildman–Crippen MR) is 81.5 cm³/mol. The van der Waals surface area contributed by atoms with Crippen LogP contribution < -0.4 is 5.32 Å². The molecule has 0 spiro atoms. The molecule has 4 unspecified atom stereocenters. The van der Waals surface area contributed by atoms with E-state index in [-0.39, 0.29) is 23.9 Å². The van der Waals surface area contributed by atoms with E-state index in [0.717, 1.165) is 25.7 Å². The van der Waals surface area contributed by atoms with E-state index < -0.39 is 5.54 Å². The molecule has 2 aliphatic carbocycles. The highest BCUT2D eigenvalue weighted by Gasteiger charge is 2.55. The molecule has 0 radical (unpaired) electrons. The number of rotatable bonds is 2. The quantitative estimate of drug-likeness (QED) is 0.849. The average molecular weight is 292 g/mol. The molecule has 1 saturated heterocycles. The van der Waals surface area contributed by atoms with Gasteiger partial charge in [-0.2, -0.15) is 0 Å². The normalized spacial score (nSPS) is 44.7. The summed E-state index contributed by atoms with van der Waals surface area (Å²) in [5, 5.41) is 3.02. The second kappa shape index (κ2) is 4.99. The molecule has 0 aromatic carbocycles. The molecule has 1 aliphatic heterocycles. The SMILES string of the molecule is CC1CC(C)CC(N2C(=O)C(C)(C3CC3)NC(=O)C2C)C1. The first kappa shape index (κ1) is 14.9. The highest BCUT2D eigenvalue weighted by Crippen LogP contribution is 2.44. The van der Waals surface area contributed by atoms with Crippen LogP contribution in [0.25, 0.3) is 0 Å². The number of amides is 2. The zero-order chi connectivity index (χ0) is 15.4. The van der Waals surface area contributed by atoms with Gasteiger partial charge in [-0.3, -0.25) is 9.59 Å². The number of hydrogen-bond acceptors (Lipinski definition) is 2. The summed E-state index contributed by atoms with van der Waals surface area (Å²) in [5.74, 6) is 1.78. The maximum atomic E-state index is 13.1. The molecular weight excluding hydrogens is 264 g/mol. The lowest BCUT2D eigenvalue weighted by Gasteiger charge is -2.49. The highest BCUT2D eigenvalue weighted by molar-refractivity contribution is 6.00. The van der Waals surface area contributed by atoms with E-state index in [4.69, 9.17) is 0 Å². The van der Waals surface area contributed by atoms with Crippen LogP contribution >= 0.6 is 0 Å². The monoisotopic (exact) mass is 292 g/mol. The molecule has 21 heavy (non-hydrogen) atoms. The summed E-state index contributed by atoms with van der Waals surface area (Å²) >= 11 is 0. The Kier molecular flexibility index (Phi) is 3.53. The van der Waals surface area contributed by atoms with Crippen molar-refractivity contribution in [2.45, 2.75) is 77.4 Å². The molecule has 2 amide bonds. The van der Waals surface area contributed by atoms with Gasteiger partial charge in [-0.25, -0.2) is 0 Å². The van der Waals surface area contributed by atoms with Crippen molar-refractivity contribution in [1.29, 1.82) is 0 Å². The van der Waals surface area contributed by atoms with Crippen LogP contribution in [0.2, 0.25) is 0 Å². The Balaban J connectivity index is 1.87. The second-order valence-corrected chi connectivity index (χ2v) is 7.93. The molecule has 0 bridgehead atoms. The second-order valence-electron chi connectivity index (χ2n) is 7.93. The summed E-state index contributed by atoms with van der Waals surface area (Å²) in [6, 6.07) is -0.0952. The van der Waals surface area contributed by atoms with Crippen molar-refractivity contribution >= 4 is 11.8 Å². The van der Waals surface area contributed by atoms with E-state index in [1.807, 2.05) is 18.7 Å². The summed E-state index contributed by atoms with van der Waals surface area (Å²) in [7, 11) is 0. The number of nitrogens with zero attached hydrogens (tertiary/aromatic N) is 1. The van der Waals surface area contributed by atoms with Crippen molar-refractivity contribution in [2.75, 3.05) is 0 Å². The van der Waals surface area contributed by atoms with Crippen LogP contribution in [0.3, 0.4) is 0 Å². The number of carbonyl (C=O) groups is 2. The lowest BCUT2D eigenvalue weighted by molar-refractivity contribution is -0.159. The van der Waals surface area contributed by atoms with Gasteiger partial charge in [-0.15, -0.1) is 0 Å². The summed E-state index contributed by atoms with van der Waals surface area (Å²) in [4.78, 5) is 27.4. The van der Waals surface area contributed by atoms with Crippen molar-refractivity contribution in [3.63, 3.8) is 0 Å². The predicted octanol–water partition coefficient (Wildman–Crippen LogP) is 2.33. The van der Waals surface area contributed by atoms with Crippen LogP contribution in [0.4, 0.5) is 0 Å². The molecule has 4 atom stereocenters. The molecular formula is C17H28N2O2. The van der Waals surface area contributed by atoms with E-state index in [1.165, 1.54) is 6.42 Å². The Morgan fingerprint density at radius 3 is 2.14 bits per heavy atom. The van der Waals surface area contributed by atoms with Crippen LogP contribution in [0.15, 0.2) is 0 Å². The molecule has 1 N–H and O–H groups in total. The van der Waals surface area contributed by atoms with E-state index in [2.05, 4.69) is 19.2 Å². The molecule has 4 heteroatoms. The van der Waals surface area contributed by atoms with Crippen LogP contribution in [0.5, 0.6) is 0 Å². The number of nitrogens with one attached hydrogen (secondary N) is 1. The first-order valence-electron chi connectivity index (χ1n) is 8.47. The van der Waals surface area contributed by atoms with Gasteiger partial charge < -0.3 is 10.2 Å². The summed E-state index contributed by atoms with van der Waals surface area (Å²) in [5.41, 5.74) is -0.659. The third-order valence-electron chi connectivity index (χ3n) is 5.80. The molecule has 3 aliphatic rings. The zero-order valence-corrected chi connectivity index (χ0v) is 13.7. The van der Waals surface area contributed by atoms with Crippen molar-refractivity contribution in [3.8, 4) is 0 Å². The smallest absolute Gasteiger partial charge is 0.249 e. The standard InChI is InChI=1S/C17H28N2O2/c1-10-7-11(2)9-14(8-10)19-12(3)15(20)18-17(4,16(19)21)13-5-6-13/h10-14H,5-9H2,1-4H3,(H,18,20). The highest BCUT2D eigenvalue weighted by atomic mass is 16.2. The van der Waals surface area contributed by atoms with E-state index in [9.17, 15) is 9.59 Å². The largest absolute Gasteiger partial charge is 0.340 e. The fourth-order valence-electron chi connectivity index (χ4n) is 4.54. The van der Waals surface area contributed by atoms with Crippen LogP contribution in [0.1, 0.15) is 59.8 Å². The fraction of sp³-hybridized carbons (Fsp3) is 0.882. The fourth-order valence-corrected chi connectivity index (χ4v) is 4.54. The molecule has 0 aromatic heterocycles. The first-order chi connectivity index (χ1) is 9.83. The minimum atomic E-state index is -0.659. The van der Waals surface area contributed by atoms with Crippen LogP contribution in [0, 0.1) is 17.8 Å². The summed E-state index contributed by atoms with van der Waals surface area (Å²) in [6.07, 6.45) is 5.42. The van der Waals surface area contributed by atoms with Gasteiger partial charge in [0.25, 0.3) is 0 Å². The Hall–Kier alpha value is -1.06. The Morgan fingerprint density at radius 2 is 1.62 bits per heavy atom. The van der Waals surface area contributed by atoms with Crippen molar-refractivity contribution < 1.29 is 9.59 Å². The van der Waals surface area contributed by atoms with E-state index >= 15 is 0 Å². The maximum Gasteiger partial charge on any atom is 0.249 e. The van der Waals surface area contributed by atoms with Gasteiger partial charge in [0.2, 0.25) is 11.8 Å². The Morgan fingerprint density at radius 1 is 1.05 bits per heavy atom.